The third kappa shape index (κ3) is 3.86. The fourth-order valence-corrected chi connectivity index (χ4v) is 6.14. The summed E-state index contributed by atoms with van der Waals surface area (Å²) in [4.78, 5) is 33.3. The van der Waals surface area contributed by atoms with Crippen molar-refractivity contribution in [3.8, 4) is 11.3 Å². The average Bonchev–Trinajstić information content (AvgIpc) is 3.23. The van der Waals surface area contributed by atoms with Gasteiger partial charge in [0.25, 0.3) is 5.56 Å². The van der Waals surface area contributed by atoms with E-state index in [2.05, 4.69) is 24.8 Å². The van der Waals surface area contributed by atoms with E-state index in [1.165, 1.54) is 17.3 Å². The summed E-state index contributed by atoms with van der Waals surface area (Å²) in [6.07, 6.45) is 7.02. The molecule has 1 spiro atoms. The number of allylic oxidation sites excluding steroid dienone is 1. The highest BCUT2D eigenvalue weighted by Crippen LogP contribution is 2.49. The van der Waals surface area contributed by atoms with E-state index in [4.69, 9.17) is 4.98 Å². The van der Waals surface area contributed by atoms with Gasteiger partial charge in [0.05, 0.1) is 17.0 Å². The molecular formula is C25H31N3O2S. The van der Waals surface area contributed by atoms with Crippen LogP contribution in [-0.4, -0.2) is 39.2 Å². The molecule has 2 aromatic rings. The first-order valence-corrected chi connectivity index (χ1v) is 12.3. The van der Waals surface area contributed by atoms with Crippen LogP contribution >= 0.6 is 11.8 Å². The zero-order chi connectivity index (χ0) is 22.0. The standard InChI is InChI=1S/C25H31N3O2S/c1-4-15-28-23(30)21-22(26-24(28)31-17-20(29)27(5-2)6-3)19-12-8-7-11-18(19)16-25(21)13-9-10-14-25/h4,7-8,11-12H,1,5-6,9-10,13-17H2,2-3H3. The largest absolute Gasteiger partial charge is 0.343 e. The Balaban J connectivity index is 1.83. The summed E-state index contributed by atoms with van der Waals surface area (Å²) in [7, 11) is 0. The molecular weight excluding hydrogens is 406 g/mol. The molecule has 1 amide bonds. The summed E-state index contributed by atoms with van der Waals surface area (Å²) in [5.41, 5.74) is 3.97. The van der Waals surface area contributed by atoms with Gasteiger partial charge in [0.2, 0.25) is 5.91 Å². The van der Waals surface area contributed by atoms with E-state index in [9.17, 15) is 9.59 Å². The monoisotopic (exact) mass is 437 g/mol. The van der Waals surface area contributed by atoms with Crippen molar-refractivity contribution >= 4 is 17.7 Å². The lowest BCUT2D eigenvalue weighted by Crippen LogP contribution is -2.40. The van der Waals surface area contributed by atoms with Crippen molar-refractivity contribution in [1.82, 2.24) is 14.5 Å². The van der Waals surface area contributed by atoms with E-state index >= 15 is 0 Å². The van der Waals surface area contributed by atoms with Crippen LogP contribution in [-0.2, 0) is 23.2 Å². The van der Waals surface area contributed by atoms with Crippen molar-refractivity contribution in [2.45, 2.75) is 63.1 Å². The zero-order valence-electron chi connectivity index (χ0n) is 18.5. The average molecular weight is 438 g/mol. The number of nitrogens with zero attached hydrogens (tertiary/aromatic N) is 3. The first-order chi connectivity index (χ1) is 15.0. The fraction of sp³-hybridized carbons (Fsp3) is 0.480. The number of rotatable bonds is 7. The topological polar surface area (TPSA) is 55.2 Å². The predicted molar refractivity (Wildman–Crippen MR) is 127 cm³/mol. The van der Waals surface area contributed by atoms with Gasteiger partial charge in [-0.25, -0.2) is 4.98 Å². The van der Waals surface area contributed by atoms with Crippen LogP contribution in [0.25, 0.3) is 11.3 Å². The molecule has 0 saturated heterocycles. The third-order valence-corrected chi connectivity index (χ3v) is 7.74. The number of aromatic nitrogens is 2. The zero-order valence-corrected chi connectivity index (χ0v) is 19.3. The summed E-state index contributed by atoms with van der Waals surface area (Å²) in [5, 5.41) is 0.606. The molecule has 0 aliphatic heterocycles. The van der Waals surface area contributed by atoms with Crippen LogP contribution < -0.4 is 5.56 Å². The minimum absolute atomic E-state index is 0.0408. The lowest BCUT2D eigenvalue weighted by molar-refractivity contribution is -0.127. The molecule has 0 radical (unpaired) electrons. The number of hydrogen-bond donors (Lipinski definition) is 0. The Kier molecular flexibility index (Phi) is 6.37. The van der Waals surface area contributed by atoms with Crippen LogP contribution in [0, 0.1) is 0 Å². The molecule has 1 aromatic heterocycles. The predicted octanol–water partition coefficient (Wildman–Crippen LogP) is 4.42. The van der Waals surface area contributed by atoms with E-state index in [0.717, 1.165) is 48.9 Å². The highest BCUT2D eigenvalue weighted by atomic mass is 32.2. The number of amides is 1. The molecule has 4 rings (SSSR count). The van der Waals surface area contributed by atoms with Gasteiger partial charge in [-0.2, -0.15) is 0 Å². The van der Waals surface area contributed by atoms with Crippen LogP contribution in [0.4, 0.5) is 0 Å². The first-order valence-electron chi connectivity index (χ1n) is 11.3. The molecule has 164 valence electrons. The summed E-state index contributed by atoms with van der Waals surface area (Å²) in [6, 6.07) is 8.34. The molecule has 2 aliphatic rings. The van der Waals surface area contributed by atoms with Gasteiger partial charge in [0.15, 0.2) is 5.16 Å². The van der Waals surface area contributed by atoms with Crippen molar-refractivity contribution in [2.75, 3.05) is 18.8 Å². The lowest BCUT2D eigenvalue weighted by Gasteiger charge is -2.36. The summed E-state index contributed by atoms with van der Waals surface area (Å²) in [6.45, 7) is 9.58. The van der Waals surface area contributed by atoms with E-state index in [-0.39, 0.29) is 22.6 Å². The molecule has 0 N–H and O–H groups in total. The van der Waals surface area contributed by atoms with Crippen LogP contribution in [0.5, 0.6) is 0 Å². The van der Waals surface area contributed by atoms with Gasteiger partial charge in [-0.05, 0) is 38.7 Å². The SMILES string of the molecule is C=CCn1c(SCC(=O)N(CC)CC)nc2c(c1=O)C1(CCCC1)Cc1ccccc1-2. The molecule has 1 fully saturated rings. The van der Waals surface area contributed by atoms with Gasteiger partial charge < -0.3 is 4.90 Å². The normalized spacial score (nSPS) is 16.1. The molecule has 0 atom stereocenters. The third-order valence-electron chi connectivity index (χ3n) is 6.78. The number of fused-ring (bicyclic) bond motifs is 4. The molecule has 1 saturated carbocycles. The van der Waals surface area contributed by atoms with Crippen molar-refractivity contribution in [3.63, 3.8) is 0 Å². The number of thioether (sulfide) groups is 1. The molecule has 6 heteroatoms. The van der Waals surface area contributed by atoms with Gasteiger partial charge in [0, 0.05) is 30.6 Å². The highest BCUT2D eigenvalue weighted by molar-refractivity contribution is 7.99. The maximum atomic E-state index is 13.9. The van der Waals surface area contributed by atoms with Gasteiger partial charge in [-0.1, -0.05) is 54.9 Å². The maximum absolute atomic E-state index is 13.9. The summed E-state index contributed by atoms with van der Waals surface area (Å²) in [5.74, 6) is 0.344. The van der Waals surface area contributed by atoms with Crippen LogP contribution in [0.15, 0.2) is 46.9 Å². The van der Waals surface area contributed by atoms with E-state index in [1.807, 2.05) is 24.8 Å². The summed E-state index contributed by atoms with van der Waals surface area (Å²) < 4.78 is 1.72. The van der Waals surface area contributed by atoms with Gasteiger partial charge in [0.1, 0.15) is 0 Å². The fourth-order valence-electron chi connectivity index (χ4n) is 5.24. The van der Waals surface area contributed by atoms with Crippen LogP contribution in [0.2, 0.25) is 0 Å². The number of hydrogen-bond acceptors (Lipinski definition) is 4. The minimum Gasteiger partial charge on any atom is -0.343 e. The molecule has 0 bridgehead atoms. The van der Waals surface area contributed by atoms with Gasteiger partial charge in [-0.3, -0.25) is 14.2 Å². The van der Waals surface area contributed by atoms with Gasteiger partial charge >= 0.3 is 0 Å². The first kappa shape index (κ1) is 21.9. The summed E-state index contributed by atoms with van der Waals surface area (Å²) >= 11 is 1.36. The maximum Gasteiger partial charge on any atom is 0.258 e. The van der Waals surface area contributed by atoms with E-state index in [0.29, 0.717) is 24.8 Å². The lowest BCUT2D eigenvalue weighted by atomic mass is 9.68. The van der Waals surface area contributed by atoms with Crippen molar-refractivity contribution < 1.29 is 4.79 Å². The molecule has 1 heterocycles. The second-order valence-corrected chi connectivity index (χ2v) is 9.44. The highest BCUT2D eigenvalue weighted by Gasteiger charge is 2.44. The van der Waals surface area contributed by atoms with Crippen molar-refractivity contribution in [1.29, 1.82) is 0 Å². The Morgan fingerprint density at radius 1 is 1.26 bits per heavy atom. The minimum atomic E-state index is -0.114. The number of carbonyl (C=O) groups excluding carboxylic acids is 1. The second-order valence-electron chi connectivity index (χ2n) is 8.50. The Labute approximate surface area is 188 Å². The van der Waals surface area contributed by atoms with Crippen molar-refractivity contribution in [2.24, 2.45) is 0 Å². The van der Waals surface area contributed by atoms with E-state index in [1.54, 1.807) is 10.6 Å². The van der Waals surface area contributed by atoms with Crippen LogP contribution in [0.3, 0.4) is 0 Å². The van der Waals surface area contributed by atoms with Gasteiger partial charge in [-0.15, -0.1) is 6.58 Å². The molecule has 5 nitrogen and oxygen atoms in total. The Morgan fingerprint density at radius 2 is 1.97 bits per heavy atom. The number of benzene rings is 1. The van der Waals surface area contributed by atoms with Crippen LogP contribution in [0.1, 0.15) is 50.7 Å². The second kappa shape index (κ2) is 9.03. The number of carbonyl (C=O) groups is 1. The van der Waals surface area contributed by atoms with Crippen molar-refractivity contribution in [3.05, 3.63) is 58.4 Å². The Morgan fingerprint density at radius 3 is 2.65 bits per heavy atom. The Bertz CT molecular complexity index is 1050. The molecule has 31 heavy (non-hydrogen) atoms. The van der Waals surface area contributed by atoms with E-state index < -0.39 is 0 Å². The quantitative estimate of drug-likeness (QED) is 0.365. The molecule has 1 aromatic carbocycles. The smallest absolute Gasteiger partial charge is 0.258 e. The Hall–Kier alpha value is -2.34. The molecule has 0 unspecified atom stereocenters. The molecule has 2 aliphatic carbocycles.